The highest BCUT2D eigenvalue weighted by Crippen LogP contribution is 2.31. The van der Waals surface area contributed by atoms with E-state index in [-0.39, 0.29) is 5.97 Å². The van der Waals surface area contributed by atoms with Crippen molar-refractivity contribution in [2.75, 3.05) is 7.11 Å². The van der Waals surface area contributed by atoms with Crippen LogP contribution < -0.4 is 0 Å². The van der Waals surface area contributed by atoms with Crippen molar-refractivity contribution in [3.05, 3.63) is 59.8 Å². The molecule has 0 fully saturated rings. The van der Waals surface area contributed by atoms with Crippen LogP contribution in [0, 0.1) is 6.92 Å². The van der Waals surface area contributed by atoms with Crippen LogP contribution in [0.15, 0.2) is 48.7 Å². The molecule has 20 heavy (non-hydrogen) atoms. The maximum absolute atomic E-state index is 11.9. The van der Waals surface area contributed by atoms with Crippen molar-refractivity contribution in [3.63, 3.8) is 0 Å². The number of hydrogen-bond acceptors (Lipinski definition) is 2. The highest BCUT2D eigenvalue weighted by Gasteiger charge is 2.15. The van der Waals surface area contributed by atoms with E-state index in [1.54, 1.807) is 6.07 Å². The summed E-state index contributed by atoms with van der Waals surface area (Å²) < 4.78 is 4.86. The third kappa shape index (κ3) is 1.97. The summed E-state index contributed by atoms with van der Waals surface area (Å²) in [5.74, 6) is -0.317. The summed E-state index contributed by atoms with van der Waals surface area (Å²) in [6.07, 6.45) is 1.94. The number of aromatic nitrogens is 1. The molecule has 0 aliphatic carbocycles. The number of H-pyrrole nitrogens is 1. The van der Waals surface area contributed by atoms with Crippen LogP contribution >= 0.6 is 0 Å². The number of nitrogens with one attached hydrogen (secondary N) is 1. The standard InChI is InChI=1S/C17H15NO2/c1-11-7-8-16-14(9-11)15(10-18-16)12-5-3-4-6-13(12)17(19)20-2/h3-10,18H,1-2H3. The number of methoxy groups -OCH3 is 1. The Morgan fingerprint density at radius 3 is 2.70 bits per heavy atom. The van der Waals surface area contributed by atoms with Crippen LogP contribution in [0.2, 0.25) is 0 Å². The largest absolute Gasteiger partial charge is 0.465 e. The van der Waals surface area contributed by atoms with Crippen molar-refractivity contribution in [1.82, 2.24) is 4.98 Å². The maximum atomic E-state index is 11.9. The first-order valence-electron chi connectivity index (χ1n) is 6.46. The first-order chi connectivity index (χ1) is 9.70. The number of ether oxygens (including phenoxy) is 1. The van der Waals surface area contributed by atoms with E-state index in [2.05, 4.69) is 30.1 Å². The van der Waals surface area contributed by atoms with Crippen molar-refractivity contribution in [3.8, 4) is 11.1 Å². The number of aryl methyl sites for hydroxylation is 1. The van der Waals surface area contributed by atoms with Gasteiger partial charge >= 0.3 is 5.97 Å². The van der Waals surface area contributed by atoms with Gasteiger partial charge in [0.25, 0.3) is 0 Å². The van der Waals surface area contributed by atoms with Crippen molar-refractivity contribution in [2.45, 2.75) is 6.92 Å². The number of carbonyl (C=O) groups is 1. The molecule has 100 valence electrons. The number of carbonyl (C=O) groups excluding carboxylic acids is 1. The second-order valence-electron chi connectivity index (χ2n) is 4.79. The quantitative estimate of drug-likeness (QED) is 0.713. The Bertz CT molecular complexity index is 787. The number of benzene rings is 2. The van der Waals surface area contributed by atoms with E-state index in [4.69, 9.17) is 4.74 Å². The molecular formula is C17H15NO2. The molecule has 0 aliphatic heterocycles. The second kappa shape index (κ2) is 4.85. The van der Waals surface area contributed by atoms with Gasteiger partial charge in [0.2, 0.25) is 0 Å². The molecule has 1 aromatic heterocycles. The molecule has 0 unspecified atom stereocenters. The van der Waals surface area contributed by atoms with Crippen molar-refractivity contribution < 1.29 is 9.53 Å². The normalized spacial score (nSPS) is 10.7. The molecule has 3 nitrogen and oxygen atoms in total. The fourth-order valence-electron chi connectivity index (χ4n) is 2.46. The van der Waals surface area contributed by atoms with Gasteiger partial charge in [-0.2, -0.15) is 0 Å². The maximum Gasteiger partial charge on any atom is 0.338 e. The Balaban J connectivity index is 2.26. The fourth-order valence-corrected chi connectivity index (χ4v) is 2.46. The summed E-state index contributed by atoms with van der Waals surface area (Å²) in [6.45, 7) is 2.06. The van der Waals surface area contributed by atoms with Gasteiger partial charge in [-0.3, -0.25) is 0 Å². The van der Waals surface area contributed by atoms with Crippen molar-refractivity contribution in [2.24, 2.45) is 0 Å². The Hall–Kier alpha value is -2.55. The third-order valence-electron chi connectivity index (χ3n) is 3.46. The summed E-state index contributed by atoms with van der Waals surface area (Å²) in [5, 5.41) is 1.11. The molecule has 0 radical (unpaired) electrons. The van der Waals surface area contributed by atoms with Gasteiger partial charge in [-0.05, 0) is 30.7 Å². The zero-order valence-electron chi connectivity index (χ0n) is 11.4. The summed E-state index contributed by atoms with van der Waals surface area (Å²) in [4.78, 5) is 15.1. The molecule has 2 aromatic carbocycles. The summed E-state index contributed by atoms with van der Waals surface area (Å²) >= 11 is 0. The molecule has 0 saturated heterocycles. The molecule has 0 atom stereocenters. The predicted molar refractivity (Wildman–Crippen MR) is 79.8 cm³/mol. The zero-order valence-corrected chi connectivity index (χ0v) is 11.4. The minimum atomic E-state index is -0.317. The number of aromatic amines is 1. The molecule has 3 rings (SSSR count). The lowest BCUT2D eigenvalue weighted by molar-refractivity contribution is 0.0601. The van der Waals surface area contributed by atoms with Gasteiger partial charge in [-0.15, -0.1) is 0 Å². The number of hydrogen-bond donors (Lipinski definition) is 1. The SMILES string of the molecule is COC(=O)c1ccccc1-c1c[nH]c2ccc(C)cc12. The number of fused-ring (bicyclic) bond motifs is 1. The molecule has 3 aromatic rings. The van der Waals surface area contributed by atoms with E-state index in [9.17, 15) is 4.79 Å². The van der Waals surface area contributed by atoms with E-state index in [1.807, 2.05) is 24.4 Å². The zero-order chi connectivity index (χ0) is 14.1. The van der Waals surface area contributed by atoms with Crippen LogP contribution in [0.3, 0.4) is 0 Å². The molecule has 3 heteroatoms. The van der Waals surface area contributed by atoms with Crippen LogP contribution in [0.5, 0.6) is 0 Å². The van der Waals surface area contributed by atoms with Crippen LogP contribution in [-0.4, -0.2) is 18.1 Å². The Kier molecular flexibility index (Phi) is 3.03. The van der Waals surface area contributed by atoms with E-state index in [0.717, 1.165) is 22.0 Å². The van der Waals surface area contributed by atoms with Crippen LogP contribution in [0.1, 0.15) is 15.9 Å². The fraction of sp³-hybridized carbons (Fsp3) is 0.118. The lowest BCUT2D eigenvalue weighted by atomic mass is 9.98. The minimum Gasteiger partial charge on any atom is -0.465 e. The minimum absolute atomic E-state index is 0.317. The van der Waals surface area contributed by atoms with Crippen LogP contribution in [0.25, 0.3) is 22.0 Å². The van der Waals surface area contributed by atoms with E-state index in [1.165, 1.54) is 12.7 Å². The van der Waals surface area contributed by atoms with Crippen LogP contribution in [-0.2, 0) is 4.74 Å². The first kappa shape index (κ1) is 12.5. The van der Waals surface area contributed by atoms with E-state index in [0.29, 0.717) is 5.56 Å². The smallest absolute Gasteiger partial charge is 0.338 e. The van der Waals surface area contributed by atoms with Gasteiger partial charge in [0.1, 0.15) is 0 Å². The second-order valence-corrected chi connectivity index (χ2v) is 4.79. The average molecular weight is 265 g/mol. The van der Waals surface area contributed by atoms with Crippen LogP contribution in [0.4, 0.5) is 0 Å². The van der Waals surface area contributed by atoms with Gasteiger partial charge in [-0.1, -0.05) is 29.8 Å². The molecule has 0 saturated carbocycles. The first-order valence-corrected chi connectivity index (χ1v) is 6.46. The monoisotopic (exact) mass is 265 g/mol. The Morgan fingerprint density at radius 1 is 1.10 bits per heavy atom. The average Bonchev–Trinajstić information content (AvgIpc) is 2.89. The van der Waals surface area contributed by atoms with Crippen molar-refractivity contribution >= 4 is 16.9 Å². The van der Waals surface area contributed by atoms with E-state index < -0.39 is 0 Å². The molecule has 1 N–H and O–H groups in total. The number of rotatable bonds is 2. The van der Waals surface area contributed by atoms with Gasteiger partial charge in [0.15, 0.2) is 0 Å². The molecule has 0 spiro atoms. The summed E-state index contributed by atoms with van der Waals surface area (Å²) in [5.41, 5.74) is 4.73. The van der Waals surface area contributed by atoms with Crippen molar-refractivity contribution in [1.29, 1.82) is 0 Å². The predicted octanol–water partition coefficient (Wildman–Crippen LogP) is 3.93. The van der Waals surface area contributed by atoms with Gasteiger partial charge in [-0.25, -0.2) is 4.79 Å². The van der Waals surface area contributed by atoms with Gasteiger partial charge < -0.3 is 9.72 Å². The highest BCUT2D eigenvalue weighted by molar-refractivity contribution is 6.03. The lowest BCUT2D eigenvalue weighted by Crippen LogP contribution is -2.03. The summed E-state index contributed by atoms with van der Waals surface area (Å²) in [6, 6.07) is 13.7. The molecular weight excluding hydrogens is 250 g/mol. The lowest BCUT2D eigenvalue weighted by Gasteiger charge is -2.07. The third-order valence-corrected chi connectivity index (χ3v) is 3.46. The molecule has 0 bridgehead atoms. The van der Waals surface area contributed by atoms with Gasteiger partial charge in [0, 0.05) is 22.7 Å². The van der Waals surface area contributed by atoms with Gasteiger partial charge in [0.05, 0.1) is 12.7 Å². The topological polar surface area (TPSA) is 42.1 Å². The molecule has 1 heterocycles. The Morgan fingerprint density at radius 2 is 1.90 bits per heavy atom. The highest BCUT2D eigenvalue weighted by atomic mass is 16.5. The summed E-state index contributed by atoms with van der Waals surface area (Å²) in [7, 11) is 1.40. The Labute approximate surface area is 117 Å². The molecule has 0 aliphatic rings. The van der Waals surface area contributed by atoms with E-state index >= 15 is 0 Å². The molecule has 0 amide bonds. The number of esters is 1.